The molecule has 0 spiro atoms. The van der Waals surface area contributed by atoms with Crippen LogP contribution >= 0.6 is 0 Å². The molecular weight excluding hydrogens is 330 g/mol. The molecule has 0 saturated heterocycles. The normalized spacial score (nSPS) is 13.6. The number of ether oxygens (including phenoxy) is 2. The average Bonchev–Trinajstić information content (AvgIpc) is 2.57. The Kier molecular flexibility index (Phi) is 6.64. The van der Waals surface area contributed by atoms with E-state index >= 15 is 0 Å². The number of benzene rings is 2. The first kappa shape index (κ1) is 19.8. The molecule has 0 aliphatic rings. The number of nitrogens with one attached hydrogen (secondary N) is 1. The maximum atomic E-state index is 12.0. The Labute approximate surface area is 155 Å². The van der Waals surface area contributed by atoms with Crippen LogP contribution in [-0.4, -0.2) is 22.9 Å². The van der Waals surface area contributed by atoms with Crippen molar-refractivity contribution in [2.24, 2.45) is 0 Å². The maximum Gasteiger partial charge on any atom is 0.408 e. The van der Waals surface area contributed by atoms with Crippen LogP contribution in [0.15, 0.2) is 54.6 Å². The van der Waals surface area contributed by atoms with Crippen LogP contribution < -0.4 is 10.1 Å². The Bertz CT molecular complexity index is 690. The Morgan fingerprint density at radius 3 is 2.23 bits per heavy atom. The quantitative estimate of drug-likeness (QED) is 0.812. The summed E-state index contributed by atoms with van der Waals surface area (Å²) in [6.45, 7) is 7.49. The maximum absolute atomic E-state index is 12.0. The van der Waals surface area contributed by atoms with Gasteiger partial charge in [0.1, 0.15) is 18.0 Å². The molecule has 0 aromatic heterocycles. The van der Waals surface area contributed by atoms with Gasteiger partial charge in [-0.05, 0) is 51.0 Å². The zero-order chi connectivity index (χ0) is 19.2. The largest absolute Gasteiger partial charge is 0.489 e. The van der Waals surface area contributed by atoms with E-state index in [0.717, 1.165) is 16.9 Å². The van der Waals surface area contributed by atoms with Crippen LogP contribution in [0.3, 0.4) is 0 Å². The lowest BCUT2D eigenvalue weighted by molar-refractivity contribution is 0.0436. The van der Waals surface area contributed by atoms with E-state index < -0.39 is 23.8 Å². The second-order valence-electron chi connectivity index (χ2n) is 7.21. The van der Waals surface area contributed by atoms with Crippen molar-refractivity contribution in [3.05, 3.63) is 65.7 Å². The summed E-state index contributed by atoms with van der Waals surface area (Å²) in [4.78, 5) is 12.0. The van der Waals surface area contributed by atoms with Gasteiger partial charge in [0.25, 0.3) is 0 Å². The highest BCUT2D eigenvalue weighted by Crippen LogP contribution is 2.22. The summed E-state index contributed by atoms with van der Waals surface area (Å²) in [6, 6.07) is 16.7. The van der Waals surface area contributed by atoms with E-state index in [1.165, 1.54) is 0 Å². The number of hydrogen-bond acceptors (Lipinski definition) is 4. The zero-order valence-electron chi connectivity index (χ0n) is 15.7. The Morgan fingerprint density at radius 1 is 1.08 bits per heavy atom. The van der Waals surface area contributed by atoms with E-state index in [1.807, 2.05) is 54.6 Å². The Morgan fingerprint density at radius 2 is 1.69 bits per heavy atom. The molecule has 2 N–H and O–H groups in total. The molecule has 5 heteroatoms. The van der Waals surface area contributed by atoms with Crippen molar-refractivity contribution in [3.63, 3.8) is 0 Å². The number of carbonyl (C=O) groups is 1. The molecule has 0 aliphatic heterocycles. The van der Waals surface area contributed by atoms with Crippen LogP contribution in [0, 0.1) is 0 Å². The molecule has 2 aromatic carbocycles. The van der Waals surface area contributed by atoms with Crippen LogP contribution in [-0.2, 0) is 11.3 Å². The average molecular weight is 357 g/mol. The number of carbonyl (C=O) groups excluding carboxylic acids is 1. The highest BCUT2D eigenvalue weighted by Gasteiger charge is 2.23. The summed E-state index contributed by atoms with van der Waals surface area (Å²) in [5.41, 5.74) is 1.27. The van der Waals surface area contributed by atoms with Crippen molar-refractivity contribution < 1.29 is 19.4 Å². The molecular formula is C21H27NO4. The monoisotopic (exact) mass is 357 g/mol. The third-order valence-electron chi connectivity index (χ3n) is 3.64. The smallest absolute Gasteiger partial charge is 0.408 e. The number of alkyl carbamates (subject to hydrolysis) is 1. The van der Waals surface area contributed by atoms with Crippen LogP contribution in [0.1, 0.15) is 44.9 Å². The van der Waals surface area contributed by atoms with E-state index in [4.69, 9.17) is 9.47 Å². The predicted molar refractivity (Wildman–Crippen MR) is 101 cm³/mol. The minimum Gasteiger partial charge on any atom is -0.489 e. The van der Waals surface area contributed by atoms with Crippen LogP contribution in [0.4, 0.5) is 4.79 Å². The molecule has 140 valence electrons. The number of aliphatic hydroxyl groups excluding tert-OH is 1. The van der Waals surface area contributed by atoms with Gasteiger partial charge >= 0.3 is 6.09 Å². The SMILES string of the molecule is CC(O)C(NC(=O)OC(C)(C)C)c1ccc(OCc2ccccc2)cc1. The first-order valence-electron chi connectivity index (χ1n) is 8.69. The first-order chi connectivity index (χ1) is 12.2. The van der Waals surface area contributed by atoms with Gasteiger partial charge in [0.05, 0.1) is 12.1 Å². The fourth-order valence-corrected chi connectivity index (χ4v) is 2.43. The fraction of sp³-hybridized carbons (Fsp3) is 0.381. The highest BCUT2D eigenvalue weighted by molar-refractivity contribution is 5.68. The molecule has 0 saturated carbocycles. The topological polar surface area (TPSA) is 67.8 Å². The van der Waals surface area contributed by atoms with Gasteiger partial charge in [-0.3, -0.25) is 0 Å². The Balaban J connectivity index is 2.00. The molecule has 0 radical (unpaired) electrons. The van der Waals surface area contributed by atoms with E-state index in [-0.39, 0.29) is 0 Å². The molecule has 0 fully saturated rings. The molecule has 26 heavy (non-hydrogen) atoms. The number of hydrogen-bond donors (Lipinski definition) is 2. The summed E-state index contributed by atoms with van der Waals surface area (Å²) in [5, 5.41) is 12.7. The number of amides is 1. The third kappa shape index (κ3) is 6.41. The third-order valence-corrected chi connectivity index (χ3v) is 3.64. The summed E-state index contributed by atoms with van der Waals surface area (Å²) >= 11 is 0. The van der Waals surface area contributed by atoms with Crippen molar-refractivity contribution in [2.75, 3.05) is 0 Å². The second-order valence-corrected chi connectivity index (χ2v) is 7.21. The lowest BCUT2D eigenvalue weighted by Crippen LogP contribution is -2.38. The van der Waals surface area contributed by atoms with E-state index in [1.54, 1.807) is 27.7 Å². The molecule has 0 aliphatic carbocycles. The van der Waals surface area contributed by atoms with Crippen molar-refractivity contribution in [3.8, 4) is 5.75 Å². The van der Waals surface area contributed by atoms with E-state index in [2.05, 4.69) is 5.32 Å². The molecule has 2 unspecified atom stereocenters. The van der Waals surface area contributed by atoms with Crippen molar-refractivity contribution in [1.82, 2.24) is 5.32 Å². The molecule has 0 bridgehead atoms. The highest BCUT2D eigenvalue weighted by atomic mass is 16.6. The first-order valence-corrected chi connectivity index (χ1v) is 8.69. The summed E-state index contributed by atoms with van der Waals surface area (Å²) in [6.07, 6.45) is -1.33. The Hall–Kier alpha value is -2.53. The number of aliphatic hydroxyl groups is 1. The van der Waals surface area contributed by atoms with Gasteiger partial charge in [0.15, 0.2) is 0 Å². The molecule has 0 heterocycles. The number of rotatable bonds is 6. The molecule has 5 nitrogen and oxygen atoms in total. The van der Waals surface area contributed by atoms with Gasteiger partial charge < -0.3 is 19.9 Å². The van der Waals surface area contributed by atoms with Gasteiger partial charge in [-0.15, -0.1) is 0 Å². The molecule has 2 aromatic rings. The van der Waals surface area contributed by atoms with Gasteiger partial charge in [-0.25, -0.2) is 4.79 Å². The van der Waals surface area contributed by atoms with E-state index in [9.17, 15) is 9.90 Å². The van der Waals surface area contributed by atoms with Crippen LogP contribution in [0.5, 0.6) is 5.75 Å². The zero-order valence-corrected chi connectivity index (χ0v) is 15.7. The molecule has 2 atom stereocenters. The van der Waals surface area contributed by atoms with Gasteiger partial charge in [-0.1, -0.05) is 42.5 Å². The lowest BCUT2D eigenvalue weighted by atomic mass is 10.0. The predicted octanol–water partition coefficient (Wildman–Crippen LogP) is 4.21. The van der Waals surface area contributed by atoms with Crippen molar-refractivity contribution >= 4 is 6.09 Å². The van der Waals surface area contributed by atoms with Gasteiger partial charge in [-0.2, -0.15) is 0 Å². The second kappa shape index (κ2) is 8.72. The van der Waals surface area contributed by atoms with Crippen molar-refractivity contribution in [2.45, 2.75) is 52.0 Å². The standard InChI is InChI=1S/C21H27NO4/c1-15(23)19(22-20(24)26-21(2,3)4)17-10-12-18(13-11-17)25-14-16-8-6-5-7-9-16/h5-13,15,19,23H,14H2,1-4H3,(H,22,24). The van der Waals surface area contributed by atoms with E-state index in [0.29, 0.717) is 6.61 Å². The van der Waals surface area contributed by atoms with Crippen LogP contribution in [0.25, 0.3) is 0 Å². The van der Waals surface area contributed by atoms with Gasteiger partial charge in [0, 0.05) is 0 Å². The minimum absolute atomic E-state index is 0.482. The lowest BCUT2D eigenvalue weighted by Gasteiger charge is -2.25. The molecule has 2 rings (SSSR count). The summed E-state index contributed by atoms with van der Waals surface area (Å²) < 4.78 is 11.0. The summed E-state index contributed by atoms with van der Waals surface area (Å²) in [5.74, 6) is 0.721. The summed E-state index contributed by atoms with van der Waals surface area (Å²) in [7, 11) is 0. The van der Waals surface area contributed by atoms with Crippen LogP contribution in [0.2, 0.25) is 0 Å². The van der Waals surface area contributed by atoms with Gasteiger partial charge in [0.2, 0.25) is 0 Å². The molecule has 1 amide bonds. The minimum atomic E-state index is -0.765. The fourth-order valence-electron chi connectivity index (χ4n) is 2.43. The van der Waals surface area contributed by atoms with Crippen molar-refractivity contribution in [1.29, 1.82) is 0 Å².